The van der Waals surface area contributed by atoms with Crippen LogP contribution >= 0.6 is 0 Å². The van der Waals surface area contributed by atoms with Gasteiger partial charge in [0.2, 0.25) is 0 Å². The number of ether oxygens (including phenoxy) is 2. The molecule has 2 N–H and O–H groups in total. The van der Waals surface area contributed by atoms with Gasteiger partial charge < -0.3 is 24.8 Å². The van der Waals surface area contributed by atoms with Crippen molar-refractivity contribution >= 4 is 17.6 Å². The Morgan fingerprint density at radius 3 is 2.69 bits per heavy atom. The standard InChI is InChI=1S/C25H34N6O4/c1-24(2,3)35-23(32)30-12-8-9-16(15-30)27-20-11-7-10-17(28-20)18-14-26-21-13-19(34-6)22(25(4,5)33)29-31(18)21/h7,10-11,13-14,16,33H,8-9,12,15H2,1-6H3,(H,27,28). The molecule has 1 atom stereocenters. The number of likely N-dealkylation sites (tertiary alicyclic amines) is 1. The number of amides is 1. The number of imidazole rings is 1. The third-order valence-electron chi connectivity index (χ3n) is 5.69. The highest BCUT2D eigenvalue weighted by molar-refractivity contribution is 5.68. The van der Waals surface area contributed by atoms with Crippen LogP contribution in [0.25, 0.3) is 17.0 Å². The maximum atomic E-state index is 12.5. The van der Waals surface area contributed by atoms with Gasteiger partial charge in [0.05, 0.1) is 19.0 Å². The first-order chi connectivity index (χ1) is 16.4. The number of aromatic nitrogens is 4. The van der Waals surface area contributed by atoms with Gasteiger partial charge in [-0.3, -0.25) is 0 Å². The van der Waals surface area contributed by atoms with Crippen LogP contribution in [0.1, 0.15) is 53.2 Å². The fourth-order valence-electron chi connectivity index (χ4n) is 4.11. The lowest BCUT2D eigenvalue weighted by atomic mass is 10.0. The first-order valence-corrected chi connectivity index (χ1v) is 11.8. The molecule has 10 heteroatoms. The number of methoxy groups -OCH3 is 1. The van der Waals surface area contributed by atoms with Gasteiger partial charge >= 0.3 is 6.09 Å². The summed E-state index contributed by atoms with van der Waals surface area (Å²) in [6, 6.07) is 7.51. The molecule has 1 amide bonds. The quantitative estimate of drug-likeness (QED) is 0.564. The smallest absolute Gasteiger partial charge is 0.410 e. The molecule has 4 rings (SSSR count). The Morgan fingerprint density at radius 2 is 2.00 bits per heavy atom. The number of piperidine rings is 1. The Bertz CT molecular complexity index is 1210. The Balaban J connectivity index is 1.56. The van der Waals surface area contributed by atoms with Crippen molar-refractivity contribution in [2.24, 2.45) is 0 Å². The van der Waals surface area contributed by atoms with Crippen LogP contribution in [0, 0.1) is 0 Å². The molecule has 188 valence electrons. The highest BCUT2D eigenvalue weighted by Gasteiger charge is 2.28. The van der Waals surface area contributed by atoms with Gasteiger partial charge in [-0.05, 0) is 59.6 Å². The Kier molecular flexibility index (Phi) is 6.59. The average molecular weight is 483 g/mol. The molecule has 0 aliphatic carbocycles. The van der Waals surface area contributed by atoms with Gasteiger partial charge in [-0.25, -0.2) is 19.3 Å². The Labute approximate surface area is 205 Å². The van der Waals surface area contributed by atoms with Crippen LogP contribution in [-0.2, 0) is 10.3 Å². The number of nitrogens with one attached hydrogen (secondary N) is 1. The number of nitrogens with zero attached hydrogens (tertiary/aromatic N) is 5. The third kappa shape index (κ3) is 5.64. The molecule has 1 fully saturated rings. The van der Waals surface area contributed by atoms with Crippen molar-refractivity contribution < 1.29 is 19.4 Å². The van der Waals surface area contributed by atoms with Gasteiger partial charge in [0.15, 0.2) is 5.65 Å². The van der Waals surface area contributed by atoms with Crippen LogP contribution in [0.2, 0.25) is 0 Å². The predicted molar refractivity (Wildman–Crippen MR) is 132 cm³/mol. The second kappa shape index (κ2) is 9.33. The average Bonchev–Trinajstić information content (AvgIpc) is 3.20. The van der Waals surface area contributed by atoms with Gasteiger partial charge in [-0.1, -0.05) is 6.07 Å². The fraction of sp³-hybridized carbons (Fsp3) is 0.520. The Morgan fingerprint density at radius 1 is 1.23 bits per heavy atom. The maximum Gasteiger partial charge on any atom is 0.410 e. The van der Waals surface area contributed by atoms with E-state index in [2.05, 4.69) is 15.4 Å². The molecule has 10 nitrogen and oxygen atoms in total. The third-order valence-corrected chi connectivity index (χ3v) is 5.69. The fourth-order valence-corrected chi connectivity index (χ4v) is 4.11. The van der Waals surface area contributed by atoms with Crippen molar-refractivity contribution in [1.29, 1.82) is 0 Å². The van der Waals surface area contributed by atoms with E-state index in [-0.39, 0.29) is 12.1 Å². The summed E-state index contributed by atoms with van der Waals surface area (Å²) in [5.74, 6) is 1.17. The van der Waals surface area contributed by atoms with Gasteiger partial charge in [-0.15, -0.1) is 0 Å². The molecule has 0 aromatic carbocycles. The number of fused-ring (bicyclic) bond motifs is 1. The first-order valence-electron chi connectivity index (χ1n) is 11.8. The molecule has 0 spiro atoms. The summed E-state index contributed by atoms with van der Waals surface area (Å²) in [5, 5.41) is 18.7. The number of aliphatic hydroxyl groups is 1. The van der Waals surface area contributed by atoms with E-state index in [1.54, 1.807) is 42.6 Å². The largest absolute Gasteiger partial charge is 0.495 e. The number of anilines is 1. The summed E-state index contributed by atoms with van der Waals surface area (Å²) >= 11 is 0. The molecular formula is C25H34N6O4. The normalized spacial score (nSPS) is 16.9. The number of carbonyl (C=O) groups is 1. The van der Waals surface area contributed by atoms with E-state index in [9.17, 15) is 9.90 Å². The van der Waals surface area contributed by atoms with Crippen molar-refractivity contribution in [3.63, 3.8) is 0 Å². The lowest BCUT2D eigenvalue weighted by molar-refractivity contribution is 0.0206. The molecule has 1 aliphatic heterocycles. The minimum atomic E-state index is -1.20. The molecular weight excluding hydrogens is 448 g/mol. The number of hydrogen-bond donors (Lipinski definition) is 2. The van der Waals surface area contributed by atoms with Gasteiger partial charge in [-0.2, -0.15) is 5.10 Å². The van der Waals surface area contributed by atoms with Crippen molar-refractivity contribution in [2.75, 3.05) is 25.5 Å². The molecule has 0 bridgehead atoms. The summed E-state index contributed by atoms with van der Waals surface area (Å²) < 4.78 is 12.6. The number of rotatable bonds is 5. The molecule has 1 aliphatic rings. The van der Waals surface area contributed by atoms with Crippen molar-refractivity contribution in [3.8, 4) is 17.1 Å². The molecule has 3 aromatic heterocycles. The maximum absolute atomic E-state index is 12.5. The van der Waals surface area contributed by atoms with E-state index in [0.29, 0.717) is 47.4 Å². The van der Waals surface area contributed by atoms with Crippen molar-refractivity contribution in [1.82, 2.24) is 24.5 Å². The summed E-state index contributed by atoms with van der Waals surface area (Å²) in [7, 11) is 1.54. The van der Waals surface area contributed by atoms with Crippen molar-refractivity contribution in [2.45, 2.75) is 64.7 Å². The molecule has 1 unspecified atom stereocenters. The van der Waals surface area contributed by atoms with E-state index >= 15 is 0 Å². The second-order valence-electron chi connectivity index (χ2n) is 10.4. The highest BCUT2D eigenvalue weighted by atomic mass is 16.6. The molecule has 3 aromatic rings. The topological polar surface area (TPSA) is 114 Å². The molecule has 4 heterocycles. The zero-order chi connectivity index (χ0) is 25.4. The van der Waals surface area contributed by atoms with E-state index in [1.807, 2.05) is 39.0 Å². The monoisotopic (exact) mass is 482 g/mol. The van der Waals surface area contributed by atoms with Crippen LogP contribution in [0.5, 0.6) is 5.75 Å². The van der Waals surface area contributed by atoms with Crippen LogP contribution in [-0.4, -0.2) is 67.5 Å². The number of hydrogen-bond acceptors (Lipinski definition) is 8. The van der Waals surface area contributed by atoms with E-state index < -0.39 is 11.2 Å². The summed E-state index contributed by atoms with van der Waals surface area (Å²) in [6.07, 6.45) is 3.22. The van der Waals surface area contributed by atoms with E-state index in [1.165, 1.54) is 0 Å². The molecule has 0 saturated carbocycles. The zero-order valence-electron chi connectivity index (χ0n) is 21.2. The zero-order valence-corrected chi connectivity index (χ0v) is 21.2. The van der Waals surface area contributed by atoms with Crippen LogP contribution < -0.4 is 10.1 Å². The van der Waals surface area contributed by atoms with Crippen LogP contribution in [0.4, 0.5) is 10.6 Å². The summed E-state index contributed by atoms with van der Waals surface area (Å²) in [4.78, 5) is 23.5. The van der Waals surface area contributed by atoms with E-state index in [0.717, 1.165) is 12.8 Å². The summed E-state index contributed by atoms with van der Waals surface area (Å²) in [6.45, 7) is 10.2. The van der Waals surface area contributed by atoms with Gasteiger partial charge in [0.1, 0.15) is 34.2 Å². The predicted octanol–water partition coefficient (Wildman–Crippen LogP) is 3.84. The minimum absolute atomic E-state index is 0.0605. The van der Waals surface area contributed by atoms with Crippen LogP contribution in [0.15, 0.2) is 30.5 Å². The minimum Gasteiger partial charge on any atom is -0.495 e. The molecule has 1 saturated heterocycles. The molecule has 0 radical (unpaired) electrons. The van der Waals surface area contributed by atoms with E-state index in [4.69, 9.17) is 14.5 Å². The molecule has 35 heavy (non-hydrogen) atoms. The first kappa shape index (κ1) is 24.7. The second-order valence-corrected chi connectivity index (χ2v) is 10.4. The van der Waals surface area contributed by atoms with Crippen LogP contribution in [0.3, 0.4) is 0 Å². The van der Waals surface area contributed by atoms with Crippen molar-refractivity contribution in [3.05, 3.63) is 36.2 Å². The van der Waals surface area contributed by atoms with Gasteiger partial charge in [0.25, 0.3) is 0 Å². The summed E-state index contributed by atoms with van der Waals surface area (Å²) in [5.41, 5.74) is 0.650. The number of pyridine rings is 1. The van der Waals surface area contributed by atoms with Gasteiger partial charge in [0, 0.05) is 25.2 Å². The Hall–Kier alpha value is -3.40. The SMILES string of the molecule is COc1cc2ncc(-c3cccc(NC4CCCN(C(=O)OC(C)(C)C)C4)n3)n2nc1C(C)(C)O. The lowest BCUT2D eigenvalue weighted by Gasteiger charge is -2.34. The highest BCUT2D eigenvalue weighted by Crippen LogP contribution is 2.30. The number of carbonyl (C=O) groups excluding carboxylic acids is 1. The lowest BCUT2D eigenvalue weighted by Crippen LogP contribution is -2.47.